The Labute approximate surface area is 470 Å². The summed E-state index contributed by atoms with van der Waals surface area (Å²) in [6, 6.07) is 36.9. The number of carbonyl (C=O) groups is 4. The molecule has 432 valence electrons. The monoisotopic (exact) mass is 1090 g/mol. The molecule has 0 saturated heterocycles. The summed E-state index contributed by atoms with van der Waals surface area (Å²) < 4.78 is 32.3. The first-order valence-electron chi connectivity index (χ1n) is 28.9. The van der Waals surface area contributed by atoms with E-state index in [1.54, 1.807) is 62.8 Å². The SMILES string of the molecule is CO[C@@H](C(=O)O)c1ccccc1.CO[C@@H](C(=O)O[C@@H]1CC[C@@H]2CCCC[C@]21C)c1ccccc1.CO[C@H](C(=O)O)c1ccccc1.CO[C@H](C(=O)O[C@@H]1CC[C@@H]2CCCC[C@]21C)c1ccccc1.C[C@@]12CCCC[C@H]1CC[C@H]2O. The van der Waals surface area contributed by atoms with E-state index in [1.165, 1.54) is 111 Å². The number of carbonyl (C=O) groups excluding carboxylic acids is 2. The number of ether oxygens (including phenoxy) is 6. The summed E-state index contributed by atoms with van der Waals surface area (Å²) in [7, 11) is 5.90. The largest absolute Gasteiger partial charge is 0.479 e. The van der Waals surface area contributed by atoms with E-state index in [1.807, 2.05) is 72.8 Å². The zero-order valence-electron chi connectivity index (χ0n) is 48.0. The number of aliphatic hydroxyl groups excluding tert-OH is 1. The van der Waals surface area contributed by atoms with Gasteiger partial charge in [0.2, 0.25) is 0 Å². The van der Waals surface area contributed by atoms with Gasteiger partial charge in [0.15, 0.2) is 24.4 Å². The topological polar surface area (TPSA) is 184 Å². The second-order valence-corrected chi connectivity index (χ2v) is 23.2. The fourth-order valence-electron chi connectivity index (χ4n) is 13.9. The third kappa shape index (κ3) is 16.2. The van der Waals surface area contributed by atoms with Gasteiger partial charge >= 0.3 is 23.9 Å². The van der Waals surface area contributed by atoms with Gasteiger partial charge in [-0.05, 0) is 122 Å². The van der Waals surface area contributed by atoms with Crippen molar-refractivity contribution in [3.8, 4) is 0 Å². The molecule has 6 aliphatic rings. The maximum atomic E-state index is 12.6. The highest BCUT2D eigenvalue weighted by molar-refractivity contribution is 5.77. The van der Waals surface area contributed by atoms with E-state index < -0.39 is 36.4 Å². The molecule has 79 heavy (non-hydrogen) atoms. The molecule has 0 amide bonds. The lowest BCUT2D eigenvalue weighted by Crippen LogP contribution is -2.38. The molecule has 0 heterocycles. The molecule has 0 spiro atoms. The molecule has 0 bridgehead atoms. The average Bonchev–Trinajstić information content (AvgIpc) is 4.09. The first-order valence-corrected chi connectivity index (χ1v) is 28.9. The van der Waals surface area contributed by atoms with Crippen LogP contribution in [0.5, 0.6) is 0 Å². The van der Waals surface area contributed by atoms with Gasteiger partial charge in [0, 0.05) is 39.3 Å². The summed E-state index contributed by atoms with van der Waals surface area (Å²) in [5.41, 5.74) is 3.68. The third-order valence-electron chi connectivity index (χ3n) is 18.7. The molecule has 0 unspecified atom stereocenters. The quantitative estimate of drug-likeness (QED) is 0.101. The number of fused-ring (bicyclic) bond motifs is 3. The Hall–Kier alpha value is -5.44. The van der Waals surface area contributed by atoms with E-state index in [0.29, 0.717) is 16.5 Å². The summed E-state index contributed by atoms with van der Waals surface area (Å²) in [6.45, 7) is 6.91. The van der Waals surface area contributed by atoms with Crippen LogP contribution in [0.1, 0.15) is 183 Å². The van der Waals surface area contributed by atoms with Gasteiger partial charge in [-0.3, -0.25) is 0 Å². The summed E-state index contributed by atoms with van der Waals surface area (Å²) in [5.74, 6) is -0.149. The van der Waals surface area contributed by atoms with E-state index in [9.17, 15) is 24.3 Å². The van der Waals surface area contributed by atoms with Crippen molar-refractivity contribution in [2.75, 3.05) is 28.4 Å². The van der Waals surface area contributed by atoms with Crippen LogP contribution in [0.25, 0.3) is 0 Å². The zero-order chi connectivity index (χ0) is 57.0. The van der Waals surface area contributed by atoms with Crippen LogP contribution in [-0.4, -0.2) is 85.9 Å². The van der Waals surface area contributed by atoms with Crippen molar-refractivity contribution >= 4 is 23.9 Å². The molecule has 10 rings (SSSR count). The lowest BCUT2D eigenvalue weighted by molar-refractivity contribution is -0.169. The van der Waals surface area contributed by atoms with Gasteiger partial charge < -0.3 is 43.7 Å². The first-order chi connectivity index (χ1) is 38.0. The molecular formula is C66H90O13. The predicted octanol–water partition coefficient (Wildman–Crippen LogP) is 13.8. The second kappa shape index (κ2) is 30.4. The Balaban J connectivity index is 0.000000165. The van der Waals surface area contributed by atoms with Gasteiger partial charge in [0.25, 0.3) is 0 Å². The summed E-state index contributed by atoms with van der Waals surface area (Å²) in [5, 5.41) is 27.2. The van der Waals surface area contributed by atoms with Gasteiger partial charge in [0.05, 0.1) is 6.10 Å². The van der Waals surface area contributed by atoms with Crippen molar-refractivity contribution in [1.82, 2.24) is 0 Å². The van der Waals surface area contributed by atoms with E-state index >= 15 is 0 Å². The predicted molar refractivity (Wildman–Crippen MR) is 304 cm³/mol. The van der Waals surface area contributed by atoms with Crippen molar-refractivity contribution in [2.24, 2.45) is 34.0 Å². The maximum Gasteiger partial charge on any atom is 0.340 e. The van der Waals surface area contributed by atoms with Crippen molar-refractivity contribution in [3.63, 3.8) is 0 Å². The Kier molecular flexibility index (Phi) is 24.1. The molecule has 0 aromatic heterocycles. The Morgan fingerprint density at radius 2 is 0.671 bits per heavy atom. The number of aliphatic carboxylic acids is 2. The van der Waals surface area contributed by atoms with Crippen molar-refractivity contribution in [2.45, 2.75) is 179 Å². The Bertz CT molecular complexity index is 2300. The highest BCUT2D eigenvalue weighted by Gasteiger charge is 2.51. The molecule has 13 heteroatoms. The van der Waals surface area contributed by atoms with Crippen LogP contribution in [0, 0.1) is 34.0 Å². The van der Waals surface area contributed by atoms with Crippen LogP contribution in [0.4, 0.5) is 0 Å². The molecule has 0 aliphatic heterocycles. The standard InChI is InChI=1S/2C19H26O3.C10H18O.2C9H10O3/c2*1-19-13-7-6-10-15(19)11-12-16(19)22-18(20)17(21-2)14-8-4-3-5-9-14;1-10-7-3-2-4-8(10)5-6-9(10)11;2*1-12-8(9(10)11)7-5-3-2-4-6-7/h2*3-5,8-9,15-17H,6-7,10-13H2,1-2H3;8-9,11H,2-7H2,1H3;2*2-6,8H,1H3,(H,10,11)/t15-,16+,17+,19+;15-,16+,17-,19+;8-,9+,10+;2*8-/m00010/s1. The minimum Gasteiger partial charge on any atom is -0.479 e. The van der Waals surface area contributed by atoms with E-state index in [4.69, 9.17) is 38.6 Å². The number of aliphatic hydroxyl groups is 1. The minimum absolute atomic E-state index is 0.00722. The number of carboxylic acids is 2. The van der Waals surface area contributed by atoms with Crippen LogP contribution < -0.4 is 0 Å². The molecule has 4 aromatic rings. The number of esters is 2. The van der Waals surface area contributed by atoms with Gasteiger partial charge in [0.1, 0.15) is 12.2 Å². The third-order valence-corrected chi connectivity index (χ3v) is 18.7. The number of carboxylic acid groups (broad SMARTS) is 2. The molecule has 0 radical (unpaired) electrons. The molecule has 13 atom stereocenters. The minimum atomic E-state index is -0.969. The van der Waals surface area contributed by atoms with Crippen LogP contribution in [0.3, 0.4) is 0 Å². The molecule has 6 saturated carbocycles. The zero-order valence-corrected chi connectivity index (χ0v) is 48.0. The van der Waals surface area contributed by atoms with Crippen LogP contribution in [0.2, 0.25) is 0 Å². The highest BCUT2D eigenvalue weighted by atomic mass is 16.6. The molecule has 6 fully saturated rings. The summed E-state index contributed by atoms with van der Waals surface area (Å²) >= 11 is 0. The molecule has 4 aromatic carbocycles. The number of benzene rings is 4. The molecule has 6 aliphatic carbocycles. The maximum absolute atomic E-state index is 12.6. The van der Waals surface area contributed by atoms with Gasteiger partial charge in [-0.15, -0.1) is 0 Å². The normalized spacial score (nSPS) is 28.8. The van der Waals surface area contributed by atoms with Crippen molar-refractivity contribution in [1.29, 1.82) is 0 Å². The number of hydrogen-bond donors (Lipinski definition) is 3. The van der Waals surface area contributed by atoms with Crippen LogP contribution in [0.15, 0.2) is 121 Å². The van der Waals surface area contributed by atoms with Gasteiger partial charge in [-0.2, -0.15) is 0 Å². The lowest BCUT2D eigenvalue weighted by atomic mass is 9.68. The number of hydrogen-bond acceptors (Lipinski definition) is 11. The van der Waals surface area contributed by atoms with E-state index in [-0.39, 0.29) is 41.1 Å². The number of methoxy groups -OCH3 is 4. The van der Waals surface area contributed by atoms with Crippen LogP contribution in [-0.2, 0) is 47.6 Å². The Morgan fingerprint density at radius 3 is 0.962 bits per heavy atom. The van der Waals surface area contributed by atoms with E-state index in [2.05, 4.69) is 20.8 Å². The summed E-state index contributed by atoms with van der Waals surface area (Å²) in [4.78, 5) is 46.4. The average molecular weight is 1090 g/mol. The highest BCUT2D eigenvalue weighted by Crippen LogP contribution is 2.55. The fourth-order valence-corrected chi connectivity index (χ4v) is 13.9. The molecular weight excluding hydrogens is 1000 g/mol. The van der Waals surface area contributed by atoms with Crippen LogP contribution >= 0.6 is 0 Å². The first kappa shape index (κ1) is 62.8. The van der Waals surface area contributed by atoms with Gasteiger partial charge in [-0.1, -0.05) is 181 Å². The lowest BCUT2D eigenvalue weighted by Gasteiger charge is -2.40. The van der Waals surface area contributed by atoms with Crippen molar-refractivity contribution in [3.05, 3.63) is 144 Å². The molecule has 13 nitrogen and oxygen atoms in total. The second-order valence-electron chi connectivity index (χ2n) is 23.2. The fraction of sp³-hybridized carbons (Fsp3) is 0.576. The van der Waals surface area contributed by atoms with Crippen molar-refractivity contribution < 1.29 is 62.9 Å². The Morgan fingerprint density at radius 1 is 0.392 bits per heavy atom. The molecule has 3 N–H and O–H groups in total. The van der Waals surface area contributed by atoms with E-state index in [0.717, 1.165) is 48.1 Å². The van der Waals surface area contributed by atoms with Gasteiger partial charge in [-0.25, -0.2) is 19.2 Å². The summed E-state index contributed by atoms with van der Waals surface area (Å²) in [6.07, 6.45) is 19.3. The number of rotatable bonds is 14. The smallest absolute Gasteiger partial charge is 0.340 e.